The third-order valence-corrected chi connectivity index (χ3v) is 8.21. The topological polar surface area (TPSA) is 109 Å². The maximum Gasteiger partial charge on any atom is 0.416 e. The van der Waals surface area contributed by atoms with Gasteiger partial charge in [0, 0.05) is 32.2 Å². The van der Waals surface area contributed by atoms with Gasteiger partial charge in [-0.3, -0.25) is 0 Å². The molecule has 1 aliphatic carbocycles. The van der Waals surface area contributed by atoms with E-state index in [1.807, 2.05) is 30.3 Å². The highest BCUT2D eigenvalue weighted by molar-refractivity contribution is 5.70. The summed E-state index contributed by atoms with van der Waals surface area (Å²) in [5.74, 6) is -0.783. The van der Waals surface area contributed by atoms with Gasteiger partial charge in [0.1, 0.15) is 18.5 Å². The van der Waals surface area contributed by atoms with Crippen molar-refractivity contribution in [2.75, 3.05) is 29.9 Å². The van der Waals surface area contributed by atoms with E-state index in [1.54, 1.807) is 30.6 Å². The van der Waals surface area contributed by atoms with Gasteiger partial charge in [0.05, 0.1) is 11.1 Å². The van der Waals surface area contributed by atoms with Crippen LogP contribution in [0, 0.1) is 5.82 Å². The third kappa shape index (κ3) is 9.26. The van der Waals surface area contributed by atoms with Crippen LogP contribution in [0.4, 0.5) is 38.8 Å². The number of carbonyl (C=O) groups excluding carboxylic acids is 2. The molecule has 0 unspecified atom stereocenters. The molecule has 1 saturated heterocycles. The van der Waals surface area contributed by atoms with E-state index in [4.69, 9.17) is 9.47 Å². The third-order valence-electron chi connectivity index (χ3n) is 8.21. The maximum atomic E-state index is 16.0. The van der Waals surface area contributed by atoms with Crippen LogP contribution in [0.15, 0.2) is 60.9 Å². The number of hydrogen-bond donors (Lipinski definition) is 2. The van der Waals surface area contributed by atoms with Gasteiger partial charge in [-0.2, -0.15) is 17.6 Å². The summed E-state index contributed by atoms with van der Waals surface area (Å²) in [5.41, 5.74) is -0.967. The summed E-state index contributed by atoms with van der Waals surface area (Å²) in [6.45, 7) is 6.18. The van der Waals surface area contributed by atoms with Crippen LogP contribution >= 0.6 is 0 Å². The number of amides is 2. The van der Waals surface area contributed by atoms with E-state index >= 15 is 4.39 Å². The standard InChI is InChI=1S/C34H40F4N6O4/c1-32(2,3)48-31(46)43-17-15-33(16-18-43,42-30(45)47-20-24-7-5-4-6-8-24)21-39-28-27(35)29(41-22-40-28)44(26-13-14-26)19-23-9-11-25(12-10-23)34(36,37)38/h4-12,22,26H,13-21H2,1-3H3,(H,42,45)(H,39,40,41). The molecule has 2 aliphatic rings. The van der Waals surface area contributed by atoms with Crippen molar-refractivity contribution in [2.24, 2.45) is 0 Å². The molecule has 258 valence electrons. The minimum Gasteiger partial charge on any atom is -0.445 e. The first-order chi connectivity index (χ1) is 22.7. The fourth-order valence-electron chi connectivity index (χ4n) is 5.46. The summed E-state index contributed by atoms with van der Waals surface area (Å²) in [6, 6.07) is 14.0. The van der Waals surface area contributed by atoms with Crippen molar-refractivity contribution in [1.29, 1.82) is 0 Å². The van der Waals surface area contributed by atoms with Gasteiger partial charge in [0.15, 0.2) is 11.6 Å². The number of nitrogens with zero attached hydrogens (tertiary/aromatic N) is 4. The molecule has 2 heterocycles. The number of anilines is 2. The molecule has 2 N–H and O–H groups in total. The molecule has 2 amide bonds. The number of piperidine rings is 1. The Balaban J connectivity index is 1.30. The van der Waals surface area contributed by atoms with Gasteiger partial charge in [-0.15, -0.1) is 0 Å². The molecular formula is C34H40F4N6O4. The molecule has 14 heteroatoms. The zero-order chi connectivity index (χ0) is 34.5. The summed E-state index contributed by atoms with van der Waals surface area (Å²) < 4.78 is 66.3. The molecule has 0 atom stereocenters. The van der Waals surface area contributed by atoms with Crippen LogP contribution in [0.25, 0.3) is 0 Å². The summed E-state index contributed by atoms with van der Waals surface area (Å²) in [7, 11) is 0. The van der Waals surface area contributed by atoms with Crippen molar-refractivity contribution in [1.82, 2.24) is 20.2 Å². The molecule has 3 aromatic rings. The average Bonchev–Trinajstić information content (AvgIpc) is 3.88. The Bertz CT molecular complexity index is 1550. The molecule has 10 nitrogen and oxygen atoms in total. The lowest BCUT2D eigenvalue weighted by Crippen LogP contribution is -2.60. The van der Waals surface area contributed by atoms with E-state index in [1.165, 1.54) is 18.5 Å². The molecule has 0 radical (unpaired) electrons. The summed E-state index contributed by atoms with van der Waals surface area (Å²) in [4.78, 5) is 37.4. The second kappa shape index (κ2) is 14.2. The number of hydrogen-bond acceptors (Lipinski definition) is 8. The Morgan fingerprint density at radius 2 is 1.65 bits per heavy atom. The minimum absolute atomic E-state index is 0.0193. The van der Waals surface area contributed by atoms with Gasteiger partial charge < -0.3 is 29.9 Å². The van der Waals surface area contributed by atoms with Crippen LogP contribution in [0.5, 0.6) is 0 Å². The number of nitrogens with one attached hydrogen (secondary N) is 2. The Hall–Kier alpha value is -4.62. The van der Waals surface area contributed by atoms with Gasteiger partial charge in [-0.25, -0.2) is 19.6 Å². The van der Waals surface area contributed by atoms with E-state index in [0.29, 0.717) is 18.4 Å². The van der Waals surface area contributed by atoms with Crippen LogP contribution in [-0.4, -0.2) is 63.9 Å². The summed E-state index contributed by atoms with van der Waals surface area (Å²) in [5, 5.41) is 6.00. The van der Waals surface area contributed by atoms with Crippen LogP contribution in [0.1, 0.15) is 63.1 Å². The van der Waals surface area contributed by atoms with Crippen molar-refractivity contribution in [2.45, 2.75) is 83.0 Å². The monoisotopic (exact) mass is 672 g/mol. The predicted octanol–water partition coefficient (Wildman–Crippen LogP) is 6.91. The number of carbonyl (C=O) groups is 2. The lowest BCUT2D eigenvalue weighted by molar-refractivity contribution is -0.137. The fraction of sp³-hybridized carbons (Fsp3) is 0.471. The number of likely N-dealkylation sites (tertiary alicyclic amines) is 1. The number of halogens is 4. The quantitative estimate of drug-likeness (QED) is 0.224. The molecular weight excluding hydrogens is 632 g/mol. The van der Waals surface area contributed by atoms with Crippen molar-refractivity contribution in [3.05, 3.63) is 83.4 Å². The Kier molecular flexibility index (Phi) is 10.3. The molecule has 1 aromatic heterocycles. The number of benzene rings is 2. The molecule has 1 aliphatic heterocycles. The second-order valence-electron chi connectivity index (χ2n) is 13.2. The van der Waals surface area contributed by atoms with E-state index in [0.717, 1.165) is 30.5 Å². The second-order valence-corrected chi connectivity index (χ2v) is 13.2. The first-order valence-electron chi connectivity index (χ1n) is 15.9. The normalized spacial score (nSPS) is 16.2. The van der Waals surface area contributed by atoms with E-state index in [-0.39, 0.29) is 50.5 Å². The van der Waals surface area contributed by atoms with Gasteiger partial charge >= 0.3 is 18.4 Å². The molecule has 48 heavy (non-hydrogen) atoms. The minimum atomic E-state index is -4.45. The van der Waals surface area contributed by atoms with Gasteiger partial charge in [-0.05, 0) is 69.7 Å². The van der Waals surface area contributed by atoms with E-state index in [9.17, 15) is 22.8 Å². The first-order valence-corrected chi connectivity index (χ1v) is 15.9. The Morgan fingerprint density at radius 1 is 0.979 bits per heavy atom. The summed E-state index contributed by atoms with van der Waals surface area (Å²) in [6.07, 6.45) is -2.13. The van der Waals surface area contributed by atoms with E-state index < -0.39 is 40.9 Å². The number of ether oxygens (including phenoxy) is 2. The number of aromatic nitrogens is 2. The molecule has 1 saturated carbocycles. The van der Waals surface area contributed by atoms with Crippen molar-refractivity contribution >= 4 is 23.8 Å². The van der Waals surface area contributed by atoms with Gasteiger partial charge in [0.2, 0.25) is 5.82 Å². The zero-order valence-electron chi connectivity index (χ0n) is 27.1. The lowest BCUT2D eigenvalue weighted by atomic mass is 9.87. The lowest BCUT2D eigenvalue weighted by Gasteiger charge is -2.42. The first kappa shape index (κ1) is 34.7. The van der Waals surface area contributed by atoms with Gasteiger partial charge in [-0.1, -0.05) is 42.5 Å². The molecule has 5 rings (SSSR count). The van der Waals surface area contributed by atoms with Crippen LogP contribution in [-0.2, 0) is 28.8 Å². The number of rotatable bonds is 10. The highest BCUT2D eigenvalue weighted by Gasteiger charge is 2.40. The Labute approximate surface area is 276 Å². The predicted molar refractivity (Wildman–Crippen MR) is 171 cm³/mol. The number of alkyl carbamates (subject to hydrolysis) is 1. The zero-order valence-corrected chi connectivity index (χ0v) is 27.1. The van der Waals surface area contributed by atoms with Crippen molar-refractivity contribution in [3.63, 3.8) is 0 Å². The van der Waals surface area contributed by atoms with Crippen molar-refractivity contribution < 1.29 is 36.6 Å². The summed E-state index contributed by atoms with van der Waals surface area (Å²) >= 11 is 0. The van der Waals surface area contributed by atoms with E-state index in [2.05, 4.69) is 20.6 Å². The fourth-order valence-corrected chi connectivity index (χ4v) is 5.46. The largest absolute Gasteiger partial charge is 0.445 e. The highest BCUT2D eigenvalue weighted by Crippen LogP contribution is 2.36. The van der Waals surface area contributed by atoms with Crippen molar-refractivity contribution in [3.8, 4) is 0 Å². The molecule has 2 fully saturated rings. The molecule has 2 aromatic carbocycles. The maximum absolute atomic E-state index is 16.0. The van der Waals surface area contributed by atoms with Gasteiger partial charge in [0.25, 0.3) is 0 Å². The van der Waals surface area contributed by atoms with Crippen LogP contribution in [0.3, 0.4) is 0 Å². The SMILES string of the molecule is CC(C)(C)OC(=O)N1CCC(CNc2ncnc(N(Cc3ccc(C(F)(F)F)cc3)C3CC3)c2F)(NC(=O)OCc2ccccc2)CC1. The number of alkyl halides is 3. The van der Waals surface area contributed by atoms with Crippen LogP contribution in [0.2, 0.25) is 0 Å². The molecule has 0 spiro atoms. The Morgan fingerprint density at radius 3 is 2.25 bits per heavy atom. The highest BCUT2D eigenvalue weighted by atomic mass is 19.4. The smallest absolute Gasteiger partial charge is 0.416 e. The molecule has 0 bridgehead atoms. The van der Waals surface area contributed by atoms with Crippen LogP contribution < -0.4 is 15.5 Å². The average molecular weight is 673 g/mol.